The topological polar surface area (TPSA) is 72.7 Å². The minimum atomic E-state index is -0.506. The summed E-state index contributed by atoms with van der Waals surface area (Å²) < 4.78 is 5.12. The quantitative estimate of drug-likeness (QED) is 0.479. The number of amides is 1. The molecule has 1 fully saturated rings. The monoisotopic (exact) mass is 342 g/mol. The molecular weight excluding hydrogens is 328 g/mol. The molecule has 0 spiro atoms. The summed E-state index contributed by atoms with van der Waals surface area (Å²) >= 11 is 3.41. The summed E-state index contributed by atoms with van der Waals surface area (Å²) in [6, 6.07) is 4.24. The Kier molecular flexibility index (Phi) is 4.59. The number of nitro groups is 1. The van der Waals surface area contributed by atoms with Crippen LogP contribution in [0.25, 0.3) is 0 Å². The van der Waals surface area contributed by atoms with Gasteiger partial charge >= 0.3 is 0 Å². The average Bonchev–Trinajstić information content (AvgIpc) is 2.94. The number of carbonyl (C=O) groups is 1. The molecule has 0 saturated carbocycles. The van der Waals surface area contributed by atoms with Gasteiger partial charge in [0.25, 0.3) is 11.6 Å². The second kappa shape index (κ2) is 6.21. The Morgan fingerprint density at radius 2 is 2.35 bits per heavy atom. The molecule has 0 aliphatic carbocycles. The molecule has 1 saturated heterocycles. The van der Waals surface area contributed by atoms with Crippen molar-refractivity contribution in [2.24, 2.45) is 0 Å². The SMILES string of the molecule is COc1cc([N+](=O)[O-])ccc1C(=O)N1CCCC1CBr. The number of non-ortho nitro benzene ring substituents is 1. The van der Waals surface area contributed by atoms with Crippen LogP contribution in [0, 0.1) is 10.1 Å². The molecule has 7 heteroatoms. The van der Waals surface area contributed by atoms with Gasteiger partial charge in [-0.05, 0) is 18.9 Å². The summed E-state index contributed by atoms with van der Waals surface area (Å²) in [6.45, 7) is 0.704. The van der Waals surface area contributed by atoms with E-state index < -0.39 is 4.92 Å². The zero-order chi connectivity index (χ0) is 14.7. The van der Waals surface area contributed by atoms with Crippen molar-refractivity contribution in [3.63, 3.8) is 0 Å². The zero-order valence-electron chi connectivity index (χ0n) is 11.0. The van der Waals surface area contributed by atoms with Gasteiger partial charge in [0.15, 0.2) is 0 Å². The maximum Gasteiger partial charge on any atom is 0.273 e. The Bertz CT molecular complexity index is 535. The molecule has 2 rings (SSSR count). The van der Waals surface area contributed by atoms with E-state index in [0.717, 1.165) is 18.2 Å². The minimum Gasteiger partial charge on any atom is -0.496 e. The molecule has 108 valence electrons. The van der Waals surface area contributed by atoms with Crippen molar-refractivity contribution in [1.82, 2.24) is 4.90 Å². The predicted octanol–water partition coefficient (Wildman–Crippen LogP) is 2.60. The van der Waals surface area contributed by atoms with Gasteiger partial charge in [-0.15, -0.1) is 0 Å². The van der Waals surface area contributed by atoms with Crippen LogP contribution in [-0.4, -0.2) is 40.8 Å². The van der Waals surface area contributed by atoms with Crippen LogP contribution >= 0.6 is 15.9 Å². The van der Waals surface area contributed by atoms with E-state index in [4.69, 9.17) is 4.74 Å². The van der Waals surface area contributed by atoms with Gasteiger partial charge in [-0.25, -0.2) is 0 Å². The van der Waals surface area contributed by atoms with Crippen LogP contribution in [0.15, 0.2) is 18.2 Å². The highest BCUT2D eigenvalue weighted by atomic mass is 79.9. The molecule has 1 aromatic rings. The fourth-order valence-electron chi connectivity index (χ4n) is 2.39. The zero-order valence-corrected chi connectivity index (χ0v) is 12.6. The molecular formula is C13H15BrN2O4. The van der Waals surface area contributed by atoms with Crippen LogP contribution in [0.4, 0.5) is 5.69 Å². The molecule has 0 N–H and O–H groups in total. The van der Waals surface area contributed by atoms with Crippen LogP contribution in [0.5, 0.6) is 5.75 Å². The first-order valence-electron chi connectivity index (χ1n) is 6.28. The maximum absolute atomic E-state index is 12.5. The normalized spacial score (nSPS) is 18.1. The van der Waals surface area contributed by atoms with Crippen LogP contribution in [0.3, 0.4) is 0 Å². The number of likely N-dealkylation sites (tertiary alicyclic amines) is 1. The highest BCUT2D eigenvalue weighted by Gasteiger charge is 2.30. The van der Waals surface area contributed by atoms with Gasteiger partial charge in [0.05, 0.1) is 23.7 Å². The summed E-state index contributed by atoms with van der Waals surface area (Å²) in [5.74, 6) is 0.100. The van der Waals surface area contributed by atoms with Crippen LogP contribution in [0.2, 0.25) is 0 Å². The van der Waals surface area contributed by atoms with Crippen molar-refractivity contribution in [2.75, 3.05) is 19.0 Å². The van der Waals surface area contributed by atoms with Gasteiger partial charge < -0.3 is 9.64 Å². The standard InChI is InChI=1S/C13H15BrN2O4/c1-20-12-7-9(16(18)19)4-5-11(12)13(17)15-6-2-3-10(15)8-14/h4-5,7,10H,2-3,6,8H2,1H3. The Balaban J connectivity index is 2.32. The lowest BCUT2D eigenvalue weighted by molar-refractivity contribution is -0.384. The third-order valence-electron chi connectivity index (χ3n) is 3.44. The average molecular weight is 343 g/mol. The lowest BCUT2D eigenvalue weighted by atomic mass is 10.1. The number of ether oxygens (including phenoxy) is 1. The van der Waals surface area contributed by atoms with E-state index in [1.165, 1.54) is 25.3 Å². The molecule has 1 aliphatic heterocycles. The Morgan fingerprint density at radius 3 is 2.95 bits per heavy atom. The number of hydrogen-bond donors (Lipinski definition) is 0. The van der Waals surface area contributed by atoms with Crippen LogP contribution < -0.4 is 4.74 Å². The second-order valence-electron chi connectivity index (χ2n) is 4.59. The Hall–Kier alpha value is -1.63. The molecule has 1 unspecified atom stereocenters. The van der Waals surface area contributed by atoms with Gasteiger partial charge in [0.1, 0.15) is 5.75 Å². The predicted molar refractivity (Wildman–Crippen MR) is 77.5 cm³/mol. The Morgan fingerprint density at radius 1 is 1.60 bits per heavy atom. The molecule has 6 nitrogen and oxygen atoms in total. The van der Waals surface area contributed by atoms with Crippen molar-refractivity contribution < 1.29 is 14.5 Å². The van der Waals surface area contributed by atoms with Crippen molar-refractivity contribution in [3.8, 4) is 5.75 Å². The number of rotatable bonds is 4. The van der Waals surface area contributed by atoms with Gasteiger partial charge in [-0.1, -0.05) is 15.9 Å². The van der Waals surface area contributed by atoms with E-state index in [-0.39, 0.29) is 23.4 Å². The number of nitrogens with zero attached hydrogens (tertiary/aromatic N) is 2. The molecule has 1 aliphatic rings. The smallest absolute Gasteiger partial charge is 0.273 e. The summed E-state index contributed by atoms with van der Waals surface area (Å²) in [5.41, 5.74) is 0.280. The van der Waals surface area contributed by atoms with E-state index in [1.54, 1.807) is 4.90 Å². The minimum absolute atomic E-state index is 0.0862. The van der Waals surface area contributed by atoms with Crippen molar-refractivity contribution in [3.05, 3.63) is 33.9 Å². The summed E-state index contributed by atoms with van der Waals surface area (Å²) in [4.78, 5) is 24.6. The second-order valence-corrected chi connectivity index (χ2v) is 5.24. The fourth-order valence-corrected chi connectivity index (χ4v) is 3.06. The first kappa shape index (κ1) is 14.8. The molecule has 0 bridgehead atoms. The highest BCUT2D eigenvalue weighted by Crippen LogP contribution is 2.28. The molecule has 20 heavy (non-hydrogen) atoms. The third kappa shape index (κ3) is 2.77. The molecule has 1 amide bonds. The molecule has 0 aromatic heterocycles. The number of halogens is 1. The van der Waals surface area contributed by atoms with Gasteiger partial charge in [0, 0.05) is 24.0 Å². The number of hydrogen-bond acceptors (Lipinski definition) is 4. The first-order chi connectivity index (χ1) is 9.58. The van der Waals surface area contributed by atoms with Gasteiger partial charge in [0.2, 0.25) is 0 Å². The summed E-state index contributed by atoms with van der Waals surface area (Å²) in [5, 5.41) is 11.5. The van der Waals surface area contributed by atoms with Crippen molar-refractivity contribution >= 4 is 27.5 Å². The molecule has 1 aromatic carbocycles. The van der Waals surface area contributed by atoms with E-state index in [1.807, 2.05) is 0 Å². The molecule has 1 atom stereocenters. The van der Waals surface area contributed by atoms with E-state index in [2.05, 4.69) is 15.9 Å². The van der Waals surface area contributed by atoms with E-state index in [9.17, 15) is 14.9 Å². The van der Waals surface area contributed by atoms with Crippen LogP contribution in [-0.2, 0) is 0 Å². The van der Waals surface area contributed by atoms with Gasteiger partial charge in [-0.3, -0.25) is 14.9 Å². The van der Waals surface area contributed by atoms with E-state index in [0.29, 0.717) is 12.1 Å². The number of methoxy groups -OCH3 is 1. The van der Waals surface area contributed by atoms with E-state index >= 15 is 0 Å². The largest absolute Gasteiger partial charge is 0.496 e. The number of carbonyl (C=O) groups excluding carboxylic acids is 1. The van der Waals surface area contributed by atoms with Crippen LogP contribution in [0.1, 0.15) is 23.2 Å². The Labute approximate surface area is 125 Å². The molecule has 1 heterocycles. The van der Waals surface area contributed by atoms with Crippen molar-refractivity contribution in [2.45, 2.75) is 18.9 Å². The summed E-state index contributed by atoms with van der Waals surface area (Å²) in [7, 11) is 1.40. The summed E-state index contributed by atoms with van der Waals surface area (Å²) in [6.07, 6.45) is 1.93. The maximum atomic E-state index is 12.5. The lowest BCUT2D eigenvalue weighted by Crippen LogP contribution is -2.36. The lowest BCUT2D eigenvalue weighted by Gasteiger charge is -2.23. The first-order valence-corrected chi connectivity index (χ1v) is 7.40. The molecule has 0 radical (unpaired) electrons. The third-order valence-corrected chi connectivity index (χ3v) is 4.19. The number of benzene rings is 1. The fraction of sp³-hybridized carbons (Fsp3) is 0.462. The van der Waals surface area contributed by atoms with Crippen molar-refractivity contribution in [1.29, 1.82) is 0 Å². The number of nitro benzene ring substituents is 1. The number of alkyl halides is 1. The van der Waals surface area contributed by atoms with Gasteiger partial charge in [-0.2, -0.15) is 0 Å². The highest BCUT2D eigenvalue weighted by molar-refractivity contribution is 9.09.